The first-order chi connectivity index (χ1) is 14.0. The molecule has 0 aromatic carbocycles. The van der Waals surface area contributed by atoms with Crippen LogP contribution >= 0.6 is 35.6 Å². The fraction of sp³-hybridized carbons (Fsp3) is 0.550. The van der Waals surface area contributed by atoms with Crippen molar-refractivity contribution >= 4 is 47.4 Å². The number of ether oxygens (including phenoxy) is 1. The zero-order valence-corrected chi connectivity index (χ0v) is 21.1. The van der Waals surface area contributed by atoms with E-state index in [4.69, 9.17) is 16.3 Å². The molecule has 0 radical (unpaired) electrons. The van der Waals surface area contributed by atoms with Crippen LogP contribution in [0.2, 0.25) is 5.02 Å². The molecule has 0 aliphatic carbocycles. The topological polar surface area (TPSA) is 79.6 Å². The molecule has 1 fully saturated rings. The van der Waals surface area contributed by atoms with E-state index in [9.17, 15) is 0 Å². The summed E-state index contributed by atoms with van der Waals surface area (Å²) in [4.78, 5) is 11.0. The molecule has 1 atom stereocenters. The monoisotopic (exact) mass is 547 g/mol. The summed E-state index contributed by atoms with van der Waals surface area (Å²) in [5.41, 5.74) is 3.37. The molecule has 0 bridgehead atoms. The maximum absolute atomic E-state index is 6.29. The van der Waals surface area contributed by atoms with Gasteiger partial charge in [-0.1, -0.05) is 11.6 Å². The van der Waals surface area contributed by atoms with Crippen molar-refractivity contribution in [2.45, 2.75) is 39.4 Å². The number of nitrogens with one attached hydrogen (secondary N) is 2. The summed E-state index contributed by atoms with van der Waals surface area (Å²) in [6.07, 6.45) is 2.78. The van der Waals surface area contributed by atoms with Gasteiger partial charge in [0.25, 0.3) is 0 Å². The predicted molar refractivity (Wildman–Crippen MR) is 132 cm³/mol. The molecule has 2 aromatic heterocycles. The molecule has 1 aliphatic rings. The number of hydrogen-bond donors (Lipinski definition) is 2. The van der Waals surface area contributed by atoms with Crippen LogP contribution < -0.4 is 15.5 Å². The molecular formula is C20H31ClIN7O. The van der Waals surface area contributed by atoms with Crippen LogP contribution in [-0.4, -0.2) is 60.6 Å². The maximum atomic E-state index is 6.29. The molecule has 166 valence electrons. The Labute approximate surface area is 200 Å². The number of aliphatic imine (C=N–C) groups is 1. The van der Waals surface area contributed by atoms with Gasteiger partial charge in [0.15, 0.2) is 5.96 Å². The van der Waals surface area contributed by atoms with Crippen LogP contribution in [0.3, 0.4) is 0 Å². The molecule has 2 N–H and O–H groups in total. The van der Waals surface area contributed by atoms with E-state index in [1.54, 1.807) is 20.4 Å². The number of aromatic nitrogens is 3. The third-order valence-corrected chi connectivity index (χ3v) is 5.56. The van der Waals surface area contributed by atoms with E-state index >= 15 is 0 Å². The Kier molecular flexibility index (Phi) is 9.63. The summed E-state index contributed by atoms with van der Waals surface area (Å²) in [7, 11) is 3.50. The number of aryl methyl sites for hydroxylation is 1. The molecule has 1 saturated heterocycles. The number of nitrogens with zero attached hydrogens (tertiary/aromatic N) is 5. The highest BCUT2D eigenvalue weighted by Gasteiger charge is 2.25. The Balaban J connectivity index is 0.00000320. The Bertz CT molecular complexity index is 858. The third-order valence-electron chi connectivity index (χ3n) is 5.26. The van der Waals surface area contributed by atoms with Gasteiger partial charge >= 0.3 is 0 Å². The van der Waals surface area contributed by atoms with Crippen molar-refractivity contribution in [1.29, 1.82) is 0 Å². The first kappa shape index (κ1) is 24.7. The average molecular weight is 548 g/mol. The zero-order chi connectivity index (χ0) is 20.8. The van der Waals surface area contributed by atoms with Crippen LogP contribution in [0.15, 0.2) is 23.3 Å². The number of methoxy groups -OCH3 is 1. The van der Waals surface area contributed by atoms with Crippen LogP contribution in [0, 0.1) is 13.8 Å². The third kappa shape index (κ3) is 5.98. The summed E-state index contributed by atoms with van der Waals surface area (Å²) < 4.78 is 7.16. The quantitative estimate of drug-likeness (QED) is 0.315. The first-order valence-corrected chi connectivity index (χ1v) is 10.3. The molecule has 8 nitrogen and oxygen atoms in total. The summed E-state index contributed by atoms with van der Waals surface area (Å²) in [5.74, 6) is 1.63. The van der Waals surface area contributed by atoms with Crippen molar-refractivity contribution in [3.63, 3.8) is 0 Å². The molecular weight excluding hydrogens is 517 g/mol. The second-order valence-corrected chi connectivity index (χ2v) is 7.58. The highest BCUT2D eigenvalue weighted by Crippen LogP contribution is 2.25. The van der Waals surface area contributed by atoms with E-state index in [0.717, 1.165) is 49.2 Å². The highest BCUT2D eigenvalue weighted by atomic mass is 127. The second-order valence-electron chi connectivity index (χ2n) is 7.18. The summed E-state index contributed by atoms with van der Waals surface area (Å²) in [6, 6.07) is 4.01. The SMILES string of the molecule is CN=C(NCc1c(C)nn(CCOC)c1C)NC1CCN(c2ncccc2Cl)C1.I. The minimum absolute atomic E-state index is 0. The van der Waals surface area contributed by atoms with E-state index in [1.807, 2.05) is 23.7 Å². The average Bonchev–Trinajstić information content (AvgIpc) is 3.28. The maximum Gasteiger partial charge on any atom is 0.191 e. The fourth-order valence-corrected chi connectivity index (χ4v) is 3.87. The minimum Gasteiger partial charge on any atom is -0.383 e. The van der Waals surface area contributed by atoms with Gasteiger partial charge in [0, 0.05) is 57.3 Å². The van der Waals surface area contributed by atoms with Crippen LogP contribution in [0.4, 0.5) is 5.82 Å². The molecule has 0 spiro atoms. The lowest BCUT2D eigenvalue weighted by atomic mass is 10.2. The highest BCUT2D eigenvalue weighted by molar-refractivity contribution is 14.0. The molecule has 0 amide bonds. The summed E-state index contributed by atoms with van der Waals surface area (Å²) in [5, 5.41) is 12.2. The largest absolute Gasteiger partial charge is 0.383 e. The number of halogens is 2. The Morgan fingerprint density at radius 2 is 2.20 bits per heavy atom. The van der Waals surface area contributed by atoms with Gasteiger partial charge in [0.2, 0.25) is 0 Å². The van der Waals surface area contributed by atoms with Gasteiger partial charge in [0.05, 0.1) is 23.9 Å². The van der Waals surface area contributed by atoms with Crippen molar-refractivity contribution in [1.82, 2.24) is 25.4 Å². The zero-order valence-electron chi connectivity index (χ0n) is 18.0. The van der Waals surface area contributed by atoms with E-state index in [2.05, 4.69) is 37.5 Å². The lowest BCUT2D eigenvalue weighted by Crippen LogP contribution is -2.44. The van der Waals surface area contributed by atoms with E-state index in [0.29, 0.717) is 18.2 Å². The van der Waals surface area contributed by atoms with Crippen LogP contribution in [0.1, 0.15) is 23.4 Å². The lowest BCUT2D eigenvalue weighted by Gasteiger charge is -2.20. The van der Waals surface area contributed by atoms with Crippen molar-refractivity contribution in [2.24, 2.45) is 4.99 Å². The lowest BCUT2D eigenvalue weighted by molar-refractivity contribution is 0.182. The molecule has 1 unspecified atom stereocenters. The fourth-order valence-electron chi connectivity index (χ4n) is 3.63. The van der Waals surface area contributed by atoms with E-state index in [1.165, 1.54) is 5.56 Å². The van der Waals surface area contributed by atoms with Crippen molar-refractivity contribution < 1.29 is 4.74 Å². The molecule has 3 rings (SSSR count). The van der Waals surface area contributed by atoms with E-state index in [-0.39, 0.29) is 30.0 Å². The van der Waals surface area contributed by atoms with Crippen molar-refractivity contribution in [2.75, 3.05) is 38.8 Å². The van der Waals surface area contributed by atoms with Gasteiger partial charge in [-0.25, -0.2) is 4.98 Å². The second kappa shape index (κ2) is 11.7. The molecule has 1 aliphatic heterocycles. The Hall–Kier alpha value is -1.59. The standard InChI is InChI=1S/C20H30ClN7O.HI/c1-14-17(15(2)28(26-14)10-11-29-4)12-24-20(22-3)25-16-7-9-27(13-16)19-18(21)6-5-8-23-19;/h5-6,8,16H,7,9-13H2,1-4H3,(H2,22,24,25);1H. The normalized spacial score (nSPS) is 16.5. The van der Waals surface area contributed by atoms with Gasteiger partial charge in [-0.2, -0.15) is 5.10 Å². The molecule has 2 aromatic rings. The van der Waals surface area contributed by atoms with Crippen LogP contribution in [0.5, 0.6) is 0 Å². The molecule has 30 heavy (non-hydrogen) atoms. The van der Waals surface area contributed by atoms with Crippen LogP contribution in [0.25, 0.3) is 0 Å². The van der Waals surface area contributed by atoms with Gasteiger partial charge in [0.1, 0.15) is 5.82 Å². The number of anilines is 1. The number of rotatable bonds is 7. The first-order valence-electron chi connectivity index (χ1n) is 9.88. The number of hydrogen-bond acceptors (Lipinski definition) is 5. The summed E-state index contributed by atoms with van der Waals surface area (Å²) >= 11 is 6.29. The smallest absolute Gasteiger partial charge is 0.191 e. The number of guanidine groups is 1. The van der Waals surface area contributed by atoms with E-state index < -0.39 is 0 Å². The van der Waals surface area contributed by atoms with Gasteiger partial charge in [-0.3, -0.25) is 9.67 Å². The van der Waals surface area contributed by atoms with Gasteiger partial charge in [-0.05, 0) is 32.4 Å². The van der Waals surface area contributed by atoms with Gasteiger partial charge < -0.3 is 20.3 Å². The summed E-state index contributed by atoms with van der Waals surface area (Å²) in [6.45, 7) is 7.96. The van der Waals surface area contributed by atoms with Crippen molar-refractivity contribution in [3.05, 3.63) is 40.3 Å². The Morgan fingerprint density at radius 1 is 1.40 bits per heavy atom. The van der Waals surface area contributed by atoms with Gasteiger partial charge in [-0.15, -0.1) is 24.0 Å². The number of pyridine rings is 1. The van der Waals surface area contributed by atoms with Crippen LogP contribution in [-0.2, 0) is 17.8 Å². The Morgan fingerprint density at radius 3 is 2.90 bits per heavy atom. The molecule has 3 heterocycles. The molecule has 0 saturated carbocycles. The van der Waals surface area contributed by atoms with Crippen molar-refractivity contribution in [3.8, 4) is 0 Å². The molecule has 10 heteroatoms. The predicted octanol–water partition coefficient (Wildman–Crippen LogP) is 2.76. The minimum atomic E-state index is 0.